The first-order valence-electron chi connectivity index (χ1n) is 8.00. The molecule has 0 radical (unpaired) electrons. The van der Waals surface area contributed by atoms with Crippen LogP contribution in [-0.2, 0) is 11.3 Å². The van der Waals surface area contributed by atoms with E-state index in [1.165, 1.54) is 31.2 Å². The second-order valence-electron chi connectivity index (χ2n) is 5.94. The lowest BCUT2D eigenvalue weighted by atomic mass is 10.1. The second-order valence-corrected chi connectivity index (χ2v) is 5.94. The predicted octanol–water partition coefficient (Wildman–Crippen LogP) is 2.90. The van der Waals surface area contributed by atoms with E-state index in [4.69, 9.17) is 14.2 Å². The van der Waals surface area contributed by atoms with Gasteiger partial charge in [0, 0.05) is 19.2 Å². The van der Waals surface area contributed by atoms with Crippen LogP contribution in [0.3, 0.4) is 0 Å². The molecule has 1 N–H and O–H groups in total. The summed E-state index contributed by atoms with van der Waals surface area (Å²) in [5, 5.41) is 3.52. The van der Waals surface area contributed by atoms with Crippen LogP contribution in [0.2, 0.25) is 0 Å². The third kappa shape index (κ3) is 4.35. The standard InChI is InChI=1S/C17H25NO3/c1-19-16-8-5-13(11-18-14-6-7-14)10-17(16)21-12-15-4-2-3-9-20-15/h5,8,10,14-15,18H,2-4,6-7,9,11-12H2,1H3. The second kappa shape index (κ2) is 7.14. The van der Waals surface area contributed by atoms with E-state index in [-0.39, 0.29) is 6.10 Å². The van der Waals surface area contributed by atoms with Gasteiger partial charge in [0.1, 0.15) is 6.61 Å². The van der Waals surface area contributed by atoms with Gasteiger partial charge in [0.25, 0.3) is 0 Å². The number of nitrogens with one attached hydrogen (secondary N) is 1. The van der Waals surface area contributed by atoms with Crippen molar-refractivity contribution in [1.82, 2.24) is 5.32 Å². The lowest BCUT2D eigenvalue weighted by Crippen LogP contribution is -2.26. The first kappa shape index (κ1) is 14.7. The first-order valence-corrected chi connectivity index (χ1v) is 8.00. The van der Waals surface area contributed by atoms with Gasteiger partial charge in [-0.3, -0.25) is 0 Å². The monoisotopic (exact) mass is 291 g/mol. The zero-order valence-corrected chi connectivity index (χ0v) is 12.8. The molecule has 0 amide bonds. The maximum Gasteiger partial charge on any atom is 0.161 e. The average molecular weight is 291 g/mol. The van der Waals surface area contributed by atoms with Crippen LogP contribution in [0.4, 0.5) is 0 Å². The quantitative estimate of drug-likeness (QED) is 0.838. The predicted molar refractivity (Wildman–Crippen MR) is 81.9 cm³/mol. The van der Waals surface area contributed by atoms with Crippen molar-refractivity contribution in [3.05, 3.63) is 23.8 Å². The fourth-order valence-corrected chi connectivity index (χ4v) is 2.62. The molecule has 1 aromatic rings. The molecule has 1 heterocycles. The van der Waals surface area contributed by atoms with Gasteiger partial charge in [-0.2, -0.15) is 0 Å². The summed E-state index contributed by atoms with van der Waals surface area (Å²) in [5.74, 6) is 1.61. The van der Waals surface area contributed by atoms with Crippen molar-refractivity contribution in [2.45, 2.75) is 50.8 Å². The highest BCUT2D eigenvalue weighted by Gasteiger charge is 2.20. The van der Waals surface area contributed by atoms with E-state index in [2.05, 4.69) is 17.4 Å². The van der Waals surface area contributed by atoms with E-state index in [0.29, 0.717) is 12.6 Å². The molecule has 3 rings (SSSR count). The van der Waals surface area contributed by atoms with Crippen LogP contribution < -0.4 is 14.8 Å². The number of rotatable bonds is 7. The summed E-state index contributed by atoms with van der Waals surface area (Å²) in [4.78, 5) is 0. The molecule has 2 fully saturated rings. The molecule has 1 unspecified atom stereocenters. The molecule has 1 aliphatic carbocycles. The largest absolute Gasteiger partial charge is 0.493 e. The van der Waals surface area contributed by atoms with E-state index in [0.717, 1.165) is 31.1 Å². The molecule has 116 valence electrons. The third-order valence-electron chi connectivity index (χ3n) is 4.10. The summed E-state index contributed by atoms with van der Waals surface area (Å²) < 4.78 is 17.1. The molecule has 0 aromatic heterocycles. The Bertz CT molecular complexity index is 453. The Morgan fingerprint density at radius 3 is 2.81 bits per heavy atom. The first-order chi connectivity index (χ1) is 10.3. The van der Waals surface area contributed by atoms with E-state index in [9.17, 15) is 0 Å². The number of ether oxygens (including phenoxy) is 3. The summed E-state index contributed by atoms with van der Waals surface area (Å²) in [6, 6.07) is 6.88. The van der Waals surface area contributed by atoms with Gasteiger partial charge in [0.05, 0.1) is 13.2 Å². The van der Waals surface area contributed by atoms with Gasteiger partial charge in [-0.1, -0.05) is 6.07 Å². The fourth-order valence-electron chi connectivity index (χ4n) is 2.62. The maximum absolute atomic E-state index is 5.95. The van der Waals surface area contributed by atoms with Crippen LogP contribution in [0.15, 0.2) is 18.2 Å². The van der Waals surface area contributed by atoms with Crippen LogP contribution in [0.5, 0.6) is 11.5 Å². The van der Waals surface area contributed by atoms with Gasteiger partial charge in [0.2, 0.25) is 0 Å². The van der Waals surface area contributed by atoms with Crippen molar-refractivity contribution in [3.8, 4) is 11.5 Å². The Morgan fingerprint density at radius 2 is 2.10 bits per heavy atom. The van der Waals surface area contributed by atoms with Crippen molar-refractivity contribution in [1.29, 1.82) is 0 Å². The zero-order valence-electron chi connectivity index (χ0n) is 12.8. The Hall–Kier alpha value is -1.26. The minimum Gasteiger partial charge on any atom is -0.493 e. The number of hydrogen-bond donors (Lipinski definition) is 1. The number of benzene rings is 1. The van der Waals surface area contributed by atoms with Crippen LogP contribution in [-0.4, -0.2) is 32.5 Å². The summed E-state index contributed by atoms with van der Waals surface area (Å²) in [6.45, 7) is 2.36. The molecule has 4 nitrogen and oxygen atoms in total. The third-order valence-corrected chi connectivity index (χ3v) is 4.10. The molecule has 2 aliphatic rings. The lowest BCUT2D eigenvalue weighted by Gasteiger charge is -2.23. The summed E-state index contributed by atoms with van der Waals surface area (Å²) >= 11 is 0. The Morgan fingerprint density at radius 1 is 1.19 bits per heavy atom. The van der Waals surface area contributed by atoms with Gasteiger partial charge in [-0.05, 0) is 49.8 Å². The van der Waals surface area contributed by atoms with Crippen molar-refractivity contribution < 1.29 is 14.2 Å². The molecule has 1 aromatic carbocycles. The minimum absolute atomic E-state index is 0.219. The van der Waals surface area contributed by atoms with Gasteiger partial charge >= 0.3 is 0 Å². The Balaban J connectivity index is 1.58. The normalized spacial score (nSPS) is 22.0. The fraction of sp³-hybridized carbons (Fsp3) is 0.647. The van der Waals surface area contributed by atoms with Crippen LogP contribution in [0, 0.1) is 0 Å². The molecule has 1 atom stereocenters. The van der Waals surface area contributed by atoms with E-state index in [1.807, 2.05) is 6.07 Å². The molecule has 0 bridgehead atoms. The van der Waals surface area contributed by atoms with Crippen molar-refractivity contribution >= 4 is 0 Å². The van der Waals surface area contributed by atoms with Crippen LogP contribution in [0.1, 0.15) is 37.7 Å². The van der Waals surface area contributed by atoms with Gasteiger partial charge in [-0.25, -0.2) is 0 Å². The van der Waals surface area contributed by atoms with Gasteiger partial charge in [-0.15, -0.1) is 0 Å². The number of methoxy groups -OCH3 is 1. The van der Waals surface area contributed by atoms with Crippen molar-refractivity contribution in [3.63, 3.8) is 0 Å². The highest BCUT2D eigenvalue weighted by atomic mass is 16.5. The molecule has 1 saturated carbocycles. The zero-order chi connectivity index (χ0) is 14.5. The number of hydrogen-bond acceptors (Lipinski definition) is 4. The van der Waals surface area contributed by atoms with Crippen LogP contribution >= 0.6 is 0 Å². The van der Waals surface area contributed by atoms with E-state index < -0.39 is 0 Å². The molecular formula is C17H25NO3. The highest BCUT2D eigenvalue weighted by molar-refractivity contribution is 5.43. The maximum atomic E-state index is 5.95. The molecule has 21 heavy (non-hydrogen) atoms. The summed E-state index contributed by atoms with van der Waals surface area (Å²) in [7, 11) is 1.68. The molecule has 4 heteroatoms. The smallest absolute Gasteiger partial charge is 0.161 e. The highest BCUT2D eigenvalue weighted by Crippen LogP contribution is 2.29. The van der Waals surface area contributed by atoms with Gasteiger partial charge in [0.15, 0.2) is 11.5 Å². The summed E-state index contributed by atoms with van der Waals surface area (Å²) in [6.07, 6.45) is 6.32. The SMILES string of the molecule is COc1ccc(CNC2CC2)cc1OCC1CCCCO1. The Kier molecular flexibility index (Phi) is 4.99. The van der Waals surface area contributed by atoms with E-state index in [1.54, 1.807) is 7.11 Å². The topological polar surface area (TPSA) is 39.7 Å². The van der Waals surface area contributed by atoms with Gasteiger partial charge < -0.3 is 19.5 Å². The summed E-state index contributed by atoms with van der Waals surface area (Å²) in [5.41, 5.74) is 1.24. The lowest BCUT2D eigenvalue weighted by molar-refractivity contribution is -0.0115. The van der Waals surface area contributed by atoms with Crippen LogP contribution in [0.25, 0.3) is 0 Å². The van der Waals surface area contributed by atoms with Crippen molar-refractivity contribution in [2.24, 2.45) is 0 Å². The average Bonchev–Trinajstić information content (AvgIpc) is 3.36. The molecule has 0 spiro atoms. The van der Waals surface area contributed by atoms with Crippen molar-refractivity contribution in [2.75, 3.05) is 20.3 Å². The Labute approximate surface area is 126 Å². The molecule has 1 aliphatic heterocycles. The van der Waals surface area contributed by atoms with E-state index >= 15 is 0 Å². The minimum atomic E-state index is 0.219. The molecule has 1 saturated heterocycles. The molecular weight excluding hydrogens is 266 g/mol.